The molecule has 0 bridgehead atoms. The smallest absolute Gasteiger partial charge is 0.163 e. The molecule has 0 saturated heterocycles. The molecule has 20 heavy (non-hydrogen) atoms. The van der Waals surface area contributed by atoms with Gasteiger partial charge in [0, 0.05) is 30.0 Å². The summed E-state index contributed by atoms with van der Waals surface area (Å²) in [5, 5.41) is 0.904. The minimum atomic E-state index is 0.356. The summed E-state index contributed by atoms with van der Waals surface area (Å²) in [7, 11) is 1.59. The number of alkyl halides is 1. The maximum atomic E-state index is 10.7. The molecule has 0 atom stereocenters. The highest BCUT2D eigenvalue weighted by Gasteiger charge is 2.10. The fourth-order valence-corrected chi connectivity index (χ4v) is 2.10. The molecule has 0 aliphatic heterocycles. The largest absolute Gasteiger partial charge is 0.493 e. The van der Waals surface area contributed by atoms with Crippen molar-refractivity contribution in [2.75, 3.05) is 19.6 Å². The maximum absolute atomic E-state index is 10.7. The van der Waals surface area contributed by atoms with Crippen LogP contribution in [0.3, 0.4) is 0 Å². The number of pyridine rings is 1. The van der Waals surface area contributed by atoms with E-state index in [4.69, 9.17) is 21.1 Å². The number of fused-ring (bicyclic) bond motifs is 1. The van der Waals surface area contributed by atoms with Crippen molar-refractivity contribution in [2.24, 2.45) is 0 Å². The number of rotatable bonds is 7. The molecule has 0 spiro atoms. The highest BCUT2D eigenvalue weighted by Crippen LogP contribution is 2.33. The second-order valence-corrected chi connectivity index (χ2v) is 4.63. The summed E-state index contributed by atoms with van der Waals surface area (Å²) in [5.74, 6) is 1.82. The average molecular weight is 294 g/mol. The van der Waals surface area contributed by atoms with Crippen LogP contribution in [-0.4, -0.2) is 30.9 Å². The van der Waals surface area contributed by atoms with Crippen molar-refractivity contribution in [1.29, 1.82) is 0 Å². The van der Waals surface area contributed by atoms with Gasteiger partial charge in [0.05, 0.1) is 19.2 Å². The highest BCUT2D eigenvalue weighted by molar-refractivity contribution is 6.17. The van der Waals surface area contributed by atoms with Gasteiger partial charge in [-0.05, 0) is 24.1 Å². The third-order valence-electron chi connectivity index (χ3n) is 2.96. The van der Waals surface area contributed by atoms with Crippen LogP contribution in [0, 0.1) is 0 Å². The minimum absolute atomic E-state index is 0.356. The molecule has 1 heterocycles. The van der Waals surface area contributed by atoms with Crippen LogP contribution in [0.15, 0.2) is 24.4 Å². The lowest BCUT2D eigenvalue weighted by molar-refractivity contribution is -0.107. The van der Waals surface area contributed by atoms with Gasteiger partial charge in [0.1, 0.15) is 6.29 Å². The number of aromatic nitrogens is 1. The van der Waals surface area contributed by atoms with E-state index in [2.05, 4.69) is 4.98 Å². The van der Waals surface area contributed by atoms with E-state index in [-0.39, 0.29) is 0 Å². The van der Waals surface area contributed by atoms with Crippen molar-refractivity contribution in [3.8, 4) is 11.5 Å². The van der Waals surface area contributed by atoms with Crippen molar-refractivity contribution in [3.05, 3.63) is 30.0 Å². The summed E-state index contributed by atoms with van der Waals surface area (Å²) < 4.78 is 11.0. The molecule has 0 unspecified atom stereocenters. The molecule has 2 aromatic rings. The zero-order valence-corrected chi connectivity index (χ0v) is 12.0. The van der Waals surface area contributed by atoms with Crippen LogP contribution < -0.4 is 9.47 Å². The first-order valence-corrected chi connectivity index (χ1v) is 6.91. The van der Waals surface area contributed by atoms with Crippen LogP contribution in [0.4, 0.5) is 0 Å². The van der Waals surface area contributed by atoms with E-state index in [0.717, 1.165) is 29.2 Å². The van der Waals surface area contributed by atoms with E-state index in [0.29, 0.717) is 30.4 Å². The Morgan fingerprint density at radius 1 is 1.35 bits per heavy atom. The van der Waals surface area contributed by atoms with E-state index < -0.39 is 0 Å². The van der Waals surface area contributed by atoms with Crippen LogP contribution >= 0.6 is 11.6 Å². The first-order valence-electron chi connectivity index (χ1n) is 6.38. The van der Waals surface area contributed by atoms with Crippen molar-refractivity contribution in [1.82, 2.24) is 4.98 Å². The summed E-state index contributed by atoms with van der Waals surface area (Å²) in [6.07, 6.45) is 3.69. The molecule has 4 nitrogen and oxygen atoms in total. The quantitative estimate of drug-likeness (QED) is 0.447. The summed E-state index contributed by atoms with van der Waals surface area (Å²) >= 11 is 5.64. The molecular weight excluding hydrogens is 278 g/mol. The molecule has 0 fully saturated rings. The number of aldehydes is 1. The summed E-state index contributed by atoms with van der Waals surface area (Å²) in [5.41, 5.74) is 1.71. The van der Waals surface area contributed by atoms with Crippen molar-refractivity contribution in [3.63, 3.8) is 0 Å². The molecule has 1 aromatic carbocycles. The second kappa shape index (κ2) is 7.10. The van der Waals surface area contributed by atoms with Crippen LogP contribution in [0.5, 0.6) is 11.5 Å². The average Bonchev–Trinajstić information content (AvgIpc) is 2.47. The molecule has 0 radical (unpaired) electrons. The predicted molar refractivity (Wildman–Crippen MR) is 78.9 cm³/mol. The number of benzene rings is 1. The fourth-order valence-electron chi connectivity index (χ4n) is 1.99. The van der Waals surface area contributed by atoms with Crippen molar-refractivity contribution < 1.29 is 14.3 Å². The Balaban J connectivity index is 2.42. The topological polar surface area (TPSA) is 48.4 Å². The van der Waals surface area contributed by atoms with Gasteiger partial charge in [-0.1, -0.05) is 0 Å². The van der Waals surface area contributed by atoms with Gasteiger partial charge in [-0.3, -0.25) is 4.98 Å². The number of nitrogens with zero attached hydrogens (tertiary/aromatic N) is 1. The Bertz CT molecular complexity index is 601. The van der Waals surface area contributed by atoms with Crippen LogP contribution in [0.25, 0.3) is 10.9 Å². The van der Waals surface area contributed by atoms with Gasteiger partial charge in [0.25, 0.3) is 0 Å². The predicted octanol–water partition coefficient (Wildman–Crippen LogP) is 2.99. The van der Waals surface area contributed by atoms with Crippen LogP contribution in [-0.2, 0) is 11.2 Å². The zero-order valence-electron chi connectivity index (χ0n) is 11.3. The van der Waals surface area contributed by atoms with Gasteiger partial charge >= 0.3 is 0 Å². The lowest BCUT2D eigenvalue weighted by Gasteiger charge is -2.12. The zero-order chi connectivity index (χ0) is 14.4. The Hall–Kier alpha value is -1.81. The highest BCUT2D eigenvalue weighted by atomic mass is 35.5. The Morgan fingerprint density at radius 2 is 2.20 bits per heavy atom. The monoisotopic (exact) mass is 293 g/mol. The molecule has 5 heteroatoms. The molecule has 0 N–H and O–H groups in total. The summed E-state index contributed by atoms with van der Waals surface area (Å²) in [4.78, 5) is 15.0. The van der Waals surface area contributed by atoms with Gasteiger partial charge in [-0.25, -0.2) is 0 Å². The van der Waals surface area contributed by atoms with Gasteiger partial charge in [-0.15, -0.1) is 11.6 Å². The van der Waals surface area contributed by atoms with Gasteiger partial charge < -0.3 is 14.3 Å². The van der Waals surface area contributed by atoms with Crippen LogP contribution in [0.1, 0.15) is 12.0 Å². The van der Waals surface area contributed by atoms with E-state index in [1.807, 2.05) is 18.2 Å². The Kier molecular flexibility index (Phi) is 5.18. The molecular formula is C15H16ClNO3. The number of halogens is 1. The molecule has 106 valence electrons. The first-order chi connectivity index (χ1) is 9.80. The molecule has 0 aliphatic rings. The van der Waals surface area contributed by atoms with E-state index in [1.54, 1.807) is 13.3 Å². The van der Waals surface area contributed by atoms with E-state index in [1.165, 1.54) is 0 Å². The lowest BCUT2D eigenvalue weighted by Crippen LogP contribution is -2.01. The number of methoxy groups -OCH3 is 1. The third-order valence-corrected chi connectivity index (χ3v) is 3.22. The van der Waals surface area contributed by atoms with Crippen LogP contribution in [0.2, 0.25) is 0 Å². The normalized spacial score (nSPS) is 10.5. The van der Waals surface area contributed by atoms with Crippen molar-refractivity contribution >= 4 is 28.8 Å². The number of ether oxygens (including phenoxy) is 2. The molecule has 0 aliphatic carbocycles. The molecule has 0 saturated carbocycles. The molecule has 1 aromatic heterocycles. The van der Waals surface area contributed by atoms with E-state index in [9.17, 15) is 4.79 Å². The first kappa shape index (κ1) is 14.6. The molecule has 0 amide bonds. The lowest BCUT2D eigenvalue weighted by atomic mass is 10.1. The number of hydrogen-bond acceptors (Lipinski definition) is 4. The number of hydrogen-bond donors (Lipinski definition) is 0. The summed E-state index contributed by atoms with van der Waals surface area (Å²) in [6, 6.07) is 5.53. The Labute approximate surface area is 122 Å². The summed E-state index contributed by atoms with van der Waals surface area (Å²) in [6.45, 7) is 0.527. The third kappa shape index (κ3) is 3.20. The standard InChI is InChI=1S/C15H16ClNO3/c1-19-14-9-12-11(4-7-18)3-6-17-13(12)10-15(14)20-8-2-5-16/h3,6-7,9-10H,2,4-5,8H2,1H3. The number of carbonyl (C=O) groups excluding carboxylic acids is 1. The minimum Gasteiger partial charge on any atom is -0.493 e. The SMILES string of the molecule is COc1cc2c(CC=O)ccnc2cc1OCCCCl. The van der Waals surface area contributed by atoms with Gasteiger partial charge in [0.15, 0.2) is 11.5 Å². The van der Waals surface area contributed by atoms with Crippen molar-refractivity contribution in [2.45, 2.75) is 12.8 Å². The Morgan fingerprint density at radius 3 is 2.90 bits per heavy atom. The second-order valence-electron chi connectivity index (χ2n) is 4.25. The van der Waals surface area contributed by atoms with Gasteiger partial charge in [-0.2, -0.15) is 0 Å². The van der Waals surface area contributed by atoms with E-state index >= 15 is 0 Å². The van der Waals surface area contributed by atoms with Gasteiger partial charge in [0.2, 0.25) is 0 Å². The fraction of sp³-hybridized carbons (Fsp3) is 0.333. The molecule has 2 rings (SSSR count). The maximum Gasteiger partial charge on any atom is 0.163 e. The number of carbonyl (C=O) groups is 1.